The summed E-state index contributed by atoms with van der Waals surface area (Å²) < 4.78 is 0.818. The van der Waals surface area contributed by atoms with Crippen LogP contribution in [0.3, 0.4) is 0 Å². The fourth-order valence-electron chi connectivity index (χ4n) is 0.500. The molecule has 0 fully saturated rings. The summed E-state index contributed by atoms with van der Waals surface area (Å²) in [6.07, 6.45) is 0. The van der Waals surface area contributed by atoms with E-state index < -0.39 is 0 Å². The molecule has 0 saturated carbocycles. The topological polar surface area (TPSA) is 25.8 Å². The first-order valence-corrected chi connectivity index (χ1v) is 4.19. The Hall–Kier alpha value is 0.218. The Kier molecular flexibility index (Phi) is 2.56. The van der Waals surface area contributed by atoms with Crippen molar-refractivity contribution in [2.75, 3.05) is 0 Å². The molecule has 10 heavy (non-hydrogen) atoms. The number of halogens is 2. The van der Waals surface area contributed by atoms with E-state index in [0.29, 0.717) is 5.15 Å². The van der Waals surface area contributed by atoms with Gasteiger partial charge in [0.2, 0.25) is 0 Å². The molecule has 1 aromatic heterocycles. The number of rotatable bonds is 0. The molecule has 1 heterocycles. The molecule has 0 aliphatic rings. The second kappa shape index (κ2) is 3.08. The van der Waals surface area contributed by atoms with Crippen molar-refractivity contribution in [3.63, 3.8) is 0 Å². The molecule has 0 atom stereocenters. The minimum absolute atomic E-state index is 0.192. The van der Waals surface area contributed by atoms with E-state index in [-0.39, 0.29) is 5.28 Å². The molecule has 52 valence electrons. The molecule has 2 nitrogen and oxygen atoms in total. The van der Waals surface area contributed by atoms with Crippen molar-refractivity contribution in [1.29, 1.82) is 0 Å². The summed E-state index contributed by atoms with van der Waals surface area (Å²) in [6.45, 7) is 1.83. The van der Waals surface area contributed by atoms with E-state index in [1.54, 1.807) is 0 Å². The van der Waals surface area contributed by atoms with Crippen LogP contribution >= 0.6 is 23.2 Å². The Morgan fingerprint density at radius 1 is 1.30 bits per heavy atom. The van der Waals surface area contributed by atoms with Crippen LogP contribution in [0.5, 0.6) is 0 Å². The van der Waals surface area contributed by atoms with Gasteiger partial charge in [-0.15, -0.1) is 0 Å². The van der Waals surface area contributed by atoms with Gasteiger partial charge >= 0.3 is 77.4 Å². The molecular weight excluding hydrogens is 234 g/mol. The monoisotopic (exact) mass is 236 g/mol. The van der Waals surface area contributed by atoms with Gasteiger partial charge in [-0.3, -0.25) is 0 Å². The molecule has 0 unspecified atom stereocenters. The van der Waals surface area contributed by atoms with Crippen molar-refractivity contribution in [3.05, 3.63) is 16.1 Å². The van der Waals surface area contributed by atoms with Gasteiger partial charge in [0.1, 0.15) is 0 Å². The van der Waals surface area contributed by atoms with E-state index in [4.69, 9.17) is 23.2 Å². The number of aromatic nitrogens is 2. The van der Waals surface area contributed by atoms with Crippen molar-refractivity contribution >= 4 is 44.4 Å². The Bertz CT molecular complexity index is 241. The maximum atomic E-state index is 5.67. The van der Waals surface area contributed by atoms with Crippen LogP contribution < -0.4 is 4.35 Å². The first-order chi connectivity index (χ1) is 4.61. The molecule has 0 saturated heterocycles. The first-order valence-electron chi connectivity index (χ1n) is 2.50. The van der Waals surface area contributed by atoms with E-state index >= 15 is 0 Å². The van der Waals surface area contributed by atoms with Gasteiger partial charge in [-0.2, -0.15) is 0 Å². The van der Waals surface area contributed by atoms with E-state index in [1.807, 2.05) is 6.92 Å². The molecule has 0 N–H and O–H groups in total. The van der Waals surface area contributed by atoms with Crippen LogP contribution in [0.1, 0.15) is 5.69 Å². The summed E-state index contributed by atoms with van der Waals surface area (Å²) >= 11 is 13.5. The zero-order valence-electron chi connectivity index (χ0n) is 5.10. The summed E-state index contributed by atoms with van der Waals surface area (Å²) in [5.74, 6) is 0. The zero-order chi connectivity index (χ0) is 7.72. The zero-order valence-corrected chi connectivity index (χ0v) is 8.49. The van der Waals surface area contributed by atoms with Gasteiger partial charge in [0.15, 0.2) is 0 Å². The van der Waals surface area contributed by atoms with Crippen LogP contribution in [0.4, 0.5) is 0 Å². The van der Waals surface area contributed by atoms with Crippen molar-refractivity contribution in [1.82, 2.24) is 9.97 Å². The molecule has 0 bridgehead atoms. The number of aryl methyl sites for hydroxylation is 1. The average Bonchev–Trinajstić information content (AvgIpc) is 1.82. The van der Waals surface area contributed by atoms with Gasteiger partial charge in [0, 0.05) is 0 Å². The fourth-order valence-corrected chi connectivity index (χ4v) is 1.18. The van der Waals surface area contributed by atoms with Crippen LogP contribution in [0.15, 0.2) is 0 Å². The summed E-state index contributed by atoms with van der Waals surface area (Å²) in [5.41, 5.74) is 0.796. The second-order valence-corrected chi connectivity index (χ2v) is 3.35. The van der Waals surface area contributed by atoms with E-state index in [2.05, 4.69) is 26.8 Å². The summed E-state index contributed by atoms with van der Waals surface area (Å²) in [5, 5.41) is 0.592. The average molecular weight is 237 g/mol. The van der Waals surface area contributed by atoms with Crippen molar-refractivity contribution in [2.24, 2.45) is 0 Å². The number of hydrogen-bond acceptors (Lipinski definition) is 2. The van der Waals surface area contributed by atoms with Crippen molar-refractivity contribution < 1.29 is 0 Å². The van der Waals surface area contributed by atoms with E-state index in [1.165, 1.54) is 0 Å². The molecule has 0 spiro atoms. The predicted octanol–water partition coefficient (Wildman–Crippen LogP) is 0.886. The molecule has 0 aliphatic carbocycles. The standard InChI is InChI=1S/C5H3AsCl2N2/c1-2-3(6)4(7)10-5(8)9-2/h1H3. The SMILES string of the molecule is Cc1nc(Cl)nc(Cl)c1[As]. The Morgan fingerprint density at radius 2 is 1.90 bits per heavy atom. The maximum absolute atomic E-state index is 5.67. The Balaban J connectivity index is 3.31. The molecule has 0 aromatic carbocycles. The van der Waals surface area contributed by atoms with Gasteiger partial charge in [-0.05, 0) is 0 Å². The molecular formula is C5H3AsCl2N2. The molecule has 1 rings (SSSR count). The van der Waals surface area contributed by atoms with Gasteiger partial charge in [-0.1, -0.05) is 0 Å². The third-order valence-corrected chi connectivity index (χ3v) is 2.84. The number of hydrogen-bond donors (Lipinski definition) is 0. The normalized spacial score (nSPS) is 10.0. The fraction of sp³-hybridized carbons (Fsp3) is 0.200. The minimum atomic E-state index is 0.192. The Labute approximate surface area is 77.5 Å². The Morgan fingerprint density at radius 3 is 2.40 bits per heavy atom. The molecule has 5 heteroatoms. The summed E-state index contributed by atoms with van der Waals surface area (Å²) in [4.78, 5) is 7.63. The van der Waals surface area contributed by atoms with Crippen LogP contribution in [-0.4, -0.2) is 26.8 Å². The summed E-state index contributed by atoms with van der Waals surface area (Å²) in [7, 11) is 0. The third-order valence-electron chi connectivity index (χ3n) is 0.988. The van der Waals surface area contributed by atoms with E-state index in [9.17, 15) is 0 Å². The van der Waals surface area contributed by atoms with Crippen molar-refractivity contribution in [2.45, 2.75) is 6.92 Å². The summed E-state index contributed by atoms with van der Waals surface area (Å²) in [6, 6.07) is 0. The first kappa shape index (κ1) is 8.32. The molecule has 0 amide bonds. The molecule has 2 radical (unpaired) electrons. The van der Waals surface area contributed by atoms with Gasteiger partial charge in [0.25, 0.3) is 0 Å². The van der Waals surface area contributed by atoms with Gasteiger partial charge in [0.05, 0.1) is 0 Å². The molecule has 1 aromatic rings. The number of nitrogens with zero attached hydrogens (tertiary/aromatic N) is 2. The predicted molar refractivity (Wildman–Crippen MR) is 42.2 cm³/mol. The van der Waals surface area contributed by atoms with Gasteiger partial charge in [-0.25, -0.2) is 0 Å². The quantitative estimate of drug-likeness (QED) is 0.380. The van der Waals surface area contributed by atoms with Gasteiger partial charge < -0.3 is 0 Å². The van der Waals surface area contributed by atoms with Crippen LogP contribution in [0.25, 0.3) is 0 Å². The van der Waals surface area contributed by atoms with E-state index in [0.717, 1.165) is 10.0 Å². The second-order valence-electron chi connectivity index (χ2n) is 1.72. The molecule has 0 aliphatic heterocycles. The van der Waals surface area contributed by atoms with Crippen molar-refractivity contribution in [3.8, 4) is 0 Å². The van der Waals surface area contributed by atoms with Crippen LogP contribution in [0, 0.1) is 6.92 Å². The van der Waals surface area contributed by atoms with Crippen LogP contribution in [-0.2, 0) is 0 Å². The van der Waals surface area contributed by atoms with Crippen LogP contribution in [0.2, 0.25) is 10.4 Å². The third kappa shape index (κ3) is 1.63.